The molecule has 3 rings (SSSR count). The zero-order chi connectivity index (χ0) is 14.7. The van der Waals surface area contributed by atoms with Crippen molar-refractivity contribution in [3.05, 3.63) is 78.9 Å². The third-order valence-corrected chi connectivity index (χ3v) is 3.85. The van der Waals surface area contributed by atoms with Crippen LogP contribution in [0.4, 0.5) is 17.1 Å². The number of nitrogen functional groups attached to an aromatic ring is 1. The van der Waals surface area contributed by atoms with E-state index in [1.807, 2.05) is 24.3 Å². The van der Waals surface area contributed by atoms with E-state index >= 15 is 0 Å². The third kappa shape index (κ3) is 2.84. The van der Waals surface area contributed by atoms with Crippen molar-refractivity contribution in [3.63, 3.8) is 0 Å². The summed E-state index contributed by atoms with van der Waals surface area (Å²) in [6.07, 6.45) is 8.73. The largest absolute Gasteiger partial charge is 0.399 e. The second kappa shape index (κ2) is 5.88. The van der Waals surface area contributed by atoms with Crippen LogP contribution in [0.25, 0.3) is 0 Å². The van der Waals surface area contributed by atoms with Gasteiger partial charge in [0, 0.05) is 17.1 Å². The second-order valence-electron chi connectivity index (χ2n) is 5.42. The van der Waals surface area contributed by atoms with E-state index in [1.165, 1.54) is 5.69 Å². The summed E-state index contributed by atoms with van der Waals surface area (Å²) in [5, 5.41) is 0. The van der Waals surface area contributed by atoms with Crippen LogP contribution in [0.3, 0.4) is 0 Å². The average Bonchev–Trinajstić information content (AvgIpc) is 2.51. The molecule has 2 atom stereocenters. The Balaban J connectivity index is 2.07. The highest BCUT2D eigenvalue weighted by Gasteiger charge is 2.23. The summed E-state index contributed by atoms with van der Waals surface area (Å²) >= 11 is 0. The van der Waals surface area contributed by atoms with E-state index in [2.05, 4.69) is 66.5 Å². The molecule has 0 spiro atoms. The van der Waals surface area contributed by atoms with Crippen molar-refractivity contribution in [1.29, 1.82) is 0 Å². The molecular formula is C19H20N2. The normalized spacial score (nSPS) is 20.4. The lowest BCUT2D eigenvalue weighted by molar-refractivity contribution is 0.609. The van der Waals surface area contributed by atoms with Gasteiger partial charge in [0.05, 0.1) is 6.04 Å². The average molecular weight is 276 g/mol. The minimum atomic E-state index is 0.291. The van der Waals surface area contributed by atoms with Crippen LogP contribution in [0, 0.1) is 5.92 Å². The molecule has 0 aliphatic heterocycles. The summed E-state index contributed by atoms with van der Waals surface area (Å²) < 4.78 is 0. The van der Waals surface area contributed by atoms with E-state index in [-0.39, 0.29) is 0 Å². The van der Waals surface area contributed by atoms with Gasteiger partial charge in [0.15, 0.2) is 0 Å². The van der Waals surface area contributed by atoms with Gasteiger partial charge < -0.3 is 10.6 Å². The van der Waals surface area contributed by atoms with Crippen LogP contribution in [0.5, 0.6) is 0 Å². The van der Waals surface area contributed by atoms with Gasteiger partial charge >= 0.3 is 0 Å². The first kappa shape index (κ1) is 13.5. The zero-order valence-electron chi connectivity index (χ0n) is 12.2. The Morgan fingerprint density at radius 3 is 2.29 bits per heavy atom. The molecule has 2 unspecified atom stereocenters. The van der Waals surface area contributed by atoms with Crippen molar-refractivity contribution in [2.24, 2.45) is 5.92 Å². The quantitative estimate of drug-likeness (QED) is 0.834. The van der Waals surface area contributed by atoms with Crippen LogP contribution in [-0.4, -0.2) is 6.04 Å². The van der Waals surface area contributed by atoms with Gasteiger partial charge in [-0.15, -0.1) is 0 Å². The van der Waals surface area contributed by atoms with Gasteiger partial charge in [-0.2, -0.15) is 0 Å². The van der Waals surface area contributed by atoms with Crippen molar-refractivity contribution in [2.75, 3.05) is 10.6 Å². The monoisotopic (exact) mass is 276 g/mol. The molecule has 0 saturated carbocycles. The number of hydrogen-bond donors (Lipinski definition) is 1. The lowest BCUT2D eigenvalue weighted by Gasteiger charge is -2.36. The van der Waals surface area contributed by atoms with Gasteiger partial charge in [-0.05, 0) is 36.2 Å². The number of rotatable bonds is 3. The molecule has 21 heavy (non-hydrogen) atoms. The summed E-state index contributed by atoms with van der Waals surface area (Å²) in [4.78, 5) is 2.35. The van der Waals surface area contributed by atoms with Gasteiger partial charge in [0.2, 0.25) is 0 Å². The second-order valence-corrected chi connectivity index (χ2v) is 5.42. The molecule has 0 radical (unpaired) electrons. The molecule has 2 aromatic carbocycles. The van der Waals surface area contributed by atoms with E-state index in [9.17, 15) is 0 Å². The van der Waals surface area contributed by atoms with Crippen molar-refractivity contribution in [1.82, 2.24) is 0 Å². The Kier molecular flexibility index (Phi) is 3.78. The zero-order valence-corrected chi connectivity index (χ0v) is 12.2. The Morgan fingerprint density at radius 1 is 0.857 bits per heavy atom. The Morgan fingerprint density at radius 2 is 1.57 bits per heavy atom. The minimum Gasteiger partial charge on any atom is -0.399 e. The van der Waals surface area contributed by atoms with Gasteiger partial charge in [0.25, 0.3) is 0 Å². The molecule has 0 amide bonds. The van der Waals surface area contributed by atoms with E-state index in [1.54, 1.807) is 0 Å². The van der Waals surface area contributed by atoms with Gasteiger partial charge in [-0.1, -0.05) is 55.5 Å². The van der Waals surface area contributed by atoms with Gasteiger partial charge in [-0.3, -0.25) is 0 Å². The van der Waals surface area contributed by atoms with Crippen molar-refractivity contribution < 1.29 is 0 Å². The fourth-order valence-corrected chi connectivity index (χ4v) is 2.78. The number of nitrogens with two attached hydrogens (primary N) is 1. The topological polar surface area (TPSA) is 29.3 Å². The molecule has 0 bridgehead atoms. The number of hydrogen-bond acceptors (Lipinski definition) is 2. The summed E-state index contributed by atoms with van der Waals surface area (Å²) in [5.74, 6) is 0.441. The molecule has 106 valence electrons. The van der Waals surface area contributed by atoms with Crippen LogP contribution >= 0.6 is 0 Å². The van der Waals surface area contributed by atoms with E-state index in [4.69, 9.17) is 5.73 Å². The number of para-hydroxylation sites is 1. The van der Waals surface area contributed by atoms with Crippen LogP contribution < -0.4 is 10.6 Å². The highest BCUT2D eigenvalue weighted by atomic mass is 15.2. The fourth-order valence-electron chi connectivity index (χ4n) is 2.78. The molecule has 0 aromatic heterocycles. The van der Waals surface area contributed by atoms with E-state index in [0.29, 0.717) is 12.0 Å². The van der Waals surface area contributed by atoms with Crippen LogP contribution in [0.1, 0.15) is 6.92 Å². The molecule has 2 N–H and O–H groups in total. The first-order valence-electron chi connectivity index (χ1n) is 7.30. The molecular weight excluding hydrogens is 256 g/mol. The van der Waals surface area contributed by atoms with Gasteiger partial charge in [-0.25, -0.2) is 0 Å². The summed E-state index contributed by atoms with van der Waals surface area (Å²) in [6, 6.07) is 18.8. The number of allylic oxidation sites excluding steroid dienone is 2. The lowest BCUT2D eigenvalue weighted by Crippen LogP contribution is -2.35. The fraction of sp³-hybridized carbons (Fsp3) is 0.158. The first-order valence-corrected chi connectivity index (χ1v) is 7.30. The SMILES string of the molecule is CC1C=CC=CC1N(c1ccccc1)c1cccc(N)c1. The Labute approximate surface area is 126 Å². The van der Waals surface area contributed by atoms with Crippen LogP contribution in [0.2, 0.25) is 0 Å². The molecule has 2 aromatic rings. The molecule has 0 saturated heterocycles. The van der Waals surface area contributed by atoms with E-state index in [0.717, 1.165) is 11.4 Å². The number of benzene rings is 2. The molecule has 0 heterocycles. The van der Waals surface area contributed by atoms with Crippen LogP contribution in [-0.2, 0) is 0 Å². The highest BCUT2D eigenvalue weighted by molar-refractivity contribution is 5.68. The first-order chi connectivity index (χ1) is 10.3. The predicted molar refractivity (Wildman–Crippen MR) is 90.7 cm³/mol. The molecule has 1 aliphatic carbocycles. The lowest BCUT2D eigenvalue weighted by atomic mass is 9.94. The van der Waals surface area contributed by atoms with Crippen molar-refractivity contribution in [2.45, 2.75) is 13.0 Å². The van der Waals surface area contributed by atoms with Crippen LogP contribution in [0.15, 0.2) is 78.9 Å². The summed E-state index contributed by atoms with van der Waals surface area (Å²) in [6.45, 7) is 2.24. The number of anilines is 3. The minimum absolute atomic E-state index is 0.291. The Bertz CT molecular complexity index is 658. The maximum absolute atomic E-state index is 5.98. The van der Waals surface area contributed by atoms with Crippen molar-refractivity contribution >= 4 is 17.1 Å². The van der Waals surface area contributed by atoms with E-state index < -0.39 is 0 Å². The summed E-state index contributed by atoms with van der Waals surface area (Å²) in [5.41, 5.74) is 9.07. The number of nitrogens with zero attached hydrogens (tertiary/aromatic N) is 1. The maximum Gasteiger partial charge on any atom is 0.0585 e. The summed E-state index contributed by atoms with van der Waals surface area (Å²) in [7, 11) is 0. The molecule has 0 fully saturated rings. The maximum atomic E-state index is 5.98. The van der Waals surface area contributed by atoms with Crippen molar-refractivity contribution in [3.8, 4) is 0 Å². The third-order valence-electron chi connectivity index (χ3n) is 3.85. The highest BCUT2D eigenvalue weighted by Crippen LogP contribution is 2.33. The smallest absolute Gasteiger partial charge is 0.0585 e. The molecule has 1 aliphatic rings. The van der Waals surface area contributed by atoms with Gasteiger partial charge in [0.1, 0.15) is 0 Å². The molecule has 2 heteroatoms. The Hall–Kier alpha value is -2.48. The molecule has 2 nitrogen and oxygen atoms in total. The predicted octanol–water partition coefficient (Wildman–Crippen LogP) is 4.54. The standard InChI is InChI=1S/C19H20N2/c1-15-8-5-6-13-19(15)21(17-10-3-2-4-11-17)18-12-7-9-16(20)14-18/h2-15,19H,20H2,1H3.